The predicted octanol–water partition coefficient (Wildman–Crippen LogP) is 4.46. The second-order valence-corrected chi connectivity index (χ2v) is 9.47. The van der Waals surface area contributed by atoms with Gasteiger partial charge in [0.05, 0.1) is 4.90 Å². The maximum absolute atomic E-state index is 12.9. The molecule has 3 aromatic rings. The van der Waals surface area contributed by atoms with Gasteiger partial charge in [0.2, 0.25) is 10.0 Å². The van der Waals surface area contributed by atoms with E-state index in [0.717, 1.165) is 16.7 Å². The second-order valence-electron chi connectivity index (χ2n) is 7.77. The van der Waals surface area contributed by atoms with E-state index in [1.165, 1.54) is 0 Å². The first kappa shape index (κ1) is 21.2. The molecule has 5 heteroatoms. The maximum Gasteiger partial charge on any atom is 0.241 e. The van der Waals surface area contributed by atoms with Gasteiger partial charge >= 0.3 is 0 Å². The Morgan fingerprint density at radius 3 is 1.93 bits per heavy atom. The van der Waals surface area contributed by atoms with Gasteiger partial charge in [-0.1, -0.05) is 72.3 Å². The van der Waals surface area contributed by atoms with E-state index in [1.54, 1.807) is 20.8 Å². The molecule has 0 radical (unpaired) electrons. The number of nitrogens with one attached hydrogen (secondary N) is 1. The SMILES string of the molecule is Cc1cc(C)c(S(=O)(=O)NCC(C)(O)c2ccc(-c3ccccc3)cc2)c(C)c1. The summed E-state index contributed by atoms with van der Waals surface area (Å²) in [6.07, 6.45) is 0. The second kappa shape index (κ2) is 8.11. The summed E-state index contributed by atoms with van der Waals surface area (Å²) in [6.45, 7) is 7.01. The zero-order valence-electron chi connectivity index (χ0n) is 17.2. The van der Waals surface area contributed by atoms with E-state index in [2.05, 4.69) is 4.72 Å². The van der Waals surface area contributed by atoms with Crippen molar-refractivity contribution in [2.75, 3.05) is 6.54 Å². The van der Waals surface area contributed by atoms with Crippen LogP contribution in [0.15, 0.2) is 71.6 Å². The number of sulfonamides is 1. The maximum atomic E-state index is 12.9. The molecule has 0 aliphatic carbocycles. The lowest BCUT2D eigenvalue weighted by Gasteiger charge is -2.25. The molecule has 0 heterocycles. The highest BCUT2D eigenvalue weighted by atomic mass is 32.2. The Kier molecular flexibility index (Phi) is 5.94. The van der Waals surface area contributed by atoms with Crippen molar-refractivity contribution in [1.82, 2.24) is 4.72 Å². The zero-order chi connectivity index (χ0) is 21.2. The molecule has 2 N–H and O–H groups in total. The smallest absolute Gasteiger partial charge is 0.241 e. The lowest BCUT2D eigenvalue weighted by Crippen LogP contribution is -2.39. The fraction of sp³-hybridized carbons (Fsp3) is 0.250. The lowest BCUT2D eigenvalue weighted by atomic mass is 9.94. The van der Waals surface area contributed by atoms with Crippen molar-refractivity contribution in [3.8, 4) is 11.1 Å². The van der Waals surface area contributed by atoms with E-state index < -0.39 is 15.6 Å². The molecule has 1 unspecified atom stereocenters. The molecule has 3 aromatic carbocycles. The van der Waals surface area contributed by atoms with Crippen LogP contribution in [0.3, 0.4) is 0 Å². The molecule has 0 saturated carbocycles. The van der Waals surface area contributed by atoms with E-state index in [4.69, 9.17) is 0 Å². The summed E-state index contributed by atoms with van der Waals surface area (Å²) in [5.74, 6) is 0. The van der Waals surface area contributed by atoms with E-state index >= 15 is 0 Å². The average Bonchev–Trinajstić information content (AvgIpc) is 2.66. The van der Waals surface area contributed by atoms with Crippen LogP contribution in [0.5, 0.6) is 0 Å². The number of hydrogen-bond donors (Lipinski definition) is 2. The molecule has 4 nitrogen and oxygen atoms in total. The van der Waals surface area contributed by atoms with Gasteiger partial charge in [0, 0.05) is 6.54 Å². The largest absolute Gasteiger partial charge is 0.384 e. The van der Waals surface area contributed by atoms with Crippen molar-refractivity contribution in [2.24, 2.45) is 0 Å². The Morgan fingerprint density at radius 1 is 0.862 bits per heavy atom. The van der Waals surface area contributed by atoms with Crippen molar-refractivity contribution in [3.05, 3.63) is 89.0 Å². The minimum atomic E-state index is -3.74. The van der Waals surface area contributed by atoms with Gasteiger partial charge in [-0.25, -0.2) is 13.1 Å². The van der Waals surface area contributed by atoms with E-state index in [1.807, 2.05) is 73.7 Å². The summed E-state index contributed by atoms with van der Waals surface area (Å²) in [5, 5.41) is 10.9. The third-order valence-corrected chi connectivity index (χ3v) is 6.80. The topological polar surface area (TPSA) is 66.4 Å². The summed E-state index contributed by atoms with van der Waals surface area (Å²) >= 11 is 0. The minimum absolute atomic E-state index is 0.118. The molecular weight excluding hydrogens is 382 g/mol. The molecule has 0 fully saturated rings. The fourth-order valence-corrected chi connectivity index (χ4v) is 5.23. The van der Waals surface area contributed by atoms with Crippen molar-refractivity contribution >= 4 is 10.0 Å². The summed E-state index contributed by atoms with van der Waals surface area (Å²) in [5.41, 5.74) is 3.85. The first-order valence-corrected chi connectivity index (χ1v) is 11.0. The van der Waals surface area contributed by atoms with E-state index in [9.17, 15) is 13.5 Å². The molecule has 0 spiro atoms. The molecule has 0 aromatic heterocycles. The van der Waals surface area contributed by atoms with Gasteiger partial charge in [-0.3, -0.25) is 0 Å². The summed E-state index contributed by atoms with van der Waals surface area (Å²) in [7, 11) is -3.74. The Morgan fingerprint density at radius 2 is 1.38 bits per heavy atom. The highest BCUT2D eigenvalue weighted by Crippen LogP contribution is 2.26. The summed E-state index contributed by atoms with van der Waals surface area (Å²) in [4.78, 5) is 0.276. The van der Waals surface area contributed by atoms with Crippen LogP contribution in [-0.4, -0.2) is 20.1 Å². The Balaban J connectivity index is 1.79. The first-order valence-electron chi connectivity index (χ1n) is 9.56. The van der Waals surface area contributed by atoms with E-state index in [0.29, 0.717) is 16.7 Å². The number of hydrogen-bond acceptors (Lipinski definition) is 3. The van der Waals surface area contributed by atoms with Crippen LogP contribution in [0, 0.1) is 20.8 Å². The van der Waals surface area contributed by atoms with E-state index in [-0.39, 0.29) is 11.4 Å². The first-order chi connectivity index (χ1) is 13.6. The molecule has 0 aliphatic heterocycles. The van der Waals surface area contributed by atoms with Crippen LogP contribution < -0.4 is 4.72 Å². The van der Waals surface area contributed by atoms with Gasteiger partial charge in [-0.05, 0) is 55.5 Å². The fourth-order valence-electron chi connectivity index (χ4n) is 3.65. The normalized spacial score (nSPS) is 13.8. The van der Waals surface area contributed by atoms with Crippen LogP contribution in [0.25, 0.3) is 11.1 Å². The van der Waals surface area contributed by atoms with Crippen LogP contribution in [0.2, 0.25) is 0 Å². The average molecular weight is 410 g/mol. The quantitative estimate of drug-likeness (QED) is 0.631. The highest BCUT2D eigenvalue weighted by Gasteiger charge is 2.27. The van der Waals surface area contributed by atoms with Crippen molar-refractivity contribution < 1.29 is 13.5 Å². The summed E-state index contributed by atoms with van der Waals surface area (Å²) < 4.78 is 28.3. The van der Waals surface area contributed by atoms with Gasteiger partial charge in [-0.15, -0.1) is 0 Å². The monoisotopic (exact) mass is 409 g/mol. The third kappa shape index (κ3) is 4.75. The Labute approximate surface area is 173 Å². The molecule has 1 atom stereocenters. The standard InChI is InChI=1S/C24H27NO3S/c1-17-14-18(2)23(19(3)15-17)29(27,28)25-16-24(4,26)22-12-10-21(11-13-22)20-8-6-5-7-9-20/h5-15,25-26H,16H2,1-4H3. The van der Waals surface area contributed by atoms with Gasteiger partial charge in [0.15, 0.2) is 0 Å². The van der Waals surface area contributed by atoms with Crippen LogP contribution in [-0.2, 0) is 15.6 Å². The molecule has 3 rings (SSSR count). The molecule has 152 valence electrons. The minimum Gasteiger partial charge on any atom is -0.384 e. The molecule has 0 bridgehead atoms. The molecule has 0 saturated heterocycles. The van der Waals surface area contributed by atoms with Crippen molar-refractivity contribution in [2.45, 2.75) is 38.2 Å². The van der Waals surface area contributed by atoms with Crippen molar-refractivity contribution in [3.63, 3.8) is 0 Å². The number of aryl methyl sites for hydroxylation is 3. The number of rotatable bonds is 6. The molecule has 0 aliphatic rings. The Hall–Kier alpha value is -2.47. The third-order valence-electron chi connectivity index (χ3n) is 5.09. The Bertz CT molecular complexity index is 1080. The summed E-state index contributed by atoms with van der Waals surface area (Å²) in [6, 6.07) is 21.2. The van der Waals surface area contributed by atoms with Gasteiger partial charge in [0.25, 0.3) is 0 Å². The number of aliphatic hydroxyl groups is 1. The zero-order valence-corrected chi connectivity index (χ0v) is 18.0. The lowest BCUT2D eigenvalue weighted by molar-refractivity contribution is 0.0627. The molecule has 0 amide bonds. The van der Waals surface area contributed by atoms with Gasteiger partial charge < -0.3 is 5.11 Å². The number of benzene rings is 3. The molecular formula is C24H27NO3S. The van der Waals surface area contributed by atoms with Crippen molar-refractivity contribution in [1.29, 1.82) is 0 Å². The van der Waals surface area contributed by atoms with Crippen LogP contribution >= 0.6 is 0 Å². The highest BCUT2D eigenvalue weighted by molar-refractivity contribution is 7.89. The van der Waals surface area contributed by atoms with Crippen LogP contribution in [0.4, 0.5) is 0 Å². The van der Waals surface area contributed by atoms with Crippen LogP contribution in [0.1, 0.15) is 29.2 Å². The van der Waals surface area contributed by atoms with Gasteiger partial charge in [-0.2, -0.15) is 0 Å². The van der Waals surface area contributed by atoms with Gasteiger partial charge in [0.1, 0.15) is 5.60 Å². The molecule has 29 heavy (non-hydrogen) atoms. The predicted molar refractivity (Wildman–Crippen MR) is 117 cm³/mol.